The van der Waals surface area contributed by atoms with Crippen molar-refractivity contribution >= 4 is 5.97 Å². The third-order valence-electron chi connectivity index (χ3n) is 5.33. The number of benzene rings is 3. The first-order chi connectivity index (χ1) is 13.4. The van der Waals surface area contributed by atoms with Gasteiger partial charge in [-0.1, -0.05) is 42.5 Å². The van der Waals surface area contributed by atoms with Crippen LogP contribution in [0.5, 0.6) is 5.75 Å². The number of fused-ring (bicyclic) bond motifs is 1. The molecule has 1 aliphatic heterocycles. The molecule has 1 N–H and O–H groups in total. The zero-order chi connectivity index (χ0) is 19.7. The zero-order valence-electron chi connectivity index (χ0n) is 15.6. The van der Waals surface area contributed by atoms with Crippen LogP contribution in [0.3, 0.4) is 0 Å². The van der Waals surface area contributed by atoms with E-state index in [1.165, 1.54) is 6.07 Å². The van der Waals surface area contributed by atoms with Gasteiger partial charge in [0.1, 0.15) is 17.2 Å². The topological polar surface area (TPSA) is 46.5 Å². The van der Waals surface area contributed by atoms with E-state index >= 15 is 0 Å². The Kier molecular flexibility index (Phi) is 4.63. The van der Waals surface area contributed by atoms with Crippen molar-refractivity contribution in [3.8, 4) is 16.9 Å². The average molecular weight is 376 g/mol. The Morgan fingerprint density at radius 2 is 1.79 bits per heavy atom. The highest BCUT2D eigenvalue weighted by atomic mass is 19.1. The second kappa shape index (κ2) is 7.12. The maximum atomic E-state index is 14.1. The lowest BCUT2D eigenvalue weighted by Crippen LogP contribution is -2.38. The number of carboxylic acid groups (broad SMARTS) is 1. The number of carbonyl (C=O) groups is 1. The van der Waals surface area contributed by atoms with Gasteiger partial charge in [-0.2, -0.15) is 0 Å². The van der Waals surface area contributed by atoms with Crippen molar-refractivity contribution in [1.82, 2.24) is 0 Å². The zero-order valence-corrected chi connectivity index (χ0v) is 15.6. The van der Waals surface area contributed by atoms with Crippen molar-refractivity contribution < 1.29 is 19.0 Å². The highest BCUT2D eigenvalue weighted by Crippen LogP contribution is 2.38. The number of ether oxygens (including phenoxy) is 1. The minimum Gasteiger partial charge on any atom is -0.487 e. The van der Waals surface area contributed by atoms with Crippen LogP contribution < -0.4 is 4.74 Å². The van der Waals surface area contributed by atoms with Gasteiger partial charge < -0.3 is 9.84 Å². The Hall–Kier alpha value is -3.14. The Morgan fingerprint density at radius 1 is 1.07 bits per heavy atom. The molecule has 0 aliphatic carbocycles. The van der Waals surface area contributed by atoms with E-state index in [2.05, 4.69) is 6.07 Å². The molecule has 0 aromatic heterocycles. The van der Waals surface area contributed by atoms with Crippen LogP contribution in [-0.2, 0) is 12.8 Å². The Bertz CT molecular complexity index is 1030. The average Bonchev–Trinajstić information content (AvgIpc) is 2.69. The molecule has 0 unspecified atom stereocenters. The van der Waals surface area contributed by atoms with Crippen molar-refractivity contribution in [2.45, 2.75) is 31.8 Å². The predicted octanol–water partition coefficient (Wildman–Crippen LogP) is 5.52. The molecule has 3 nitrogen and oxygen atoms in total. The SMILES string of the molecule is C[C@@]1(Cc2ccccc2F)CCc2ccc(-c3ccc(C(=O)O)cc3)cc2O1. The van der Waals surface area contributed by atoms with E-state index < -0.39 is 11.6 Å². The van der Waals surface area contributed by atoms with Gasteiger partial charge in [0.15, 0.2) is 0 Å². The summed E-state index contributed by atoms with van der Waals surface area (Å²) in [5.74, 6) is -0.334. The third kappa shape index (κ3) is 3.63. The van der Waals surface area contributed by atoms with Crippen molar-refractivity contribution in [2.24, 2.45) is 0 Å². The molecule has 1 atom stereocenters. The molecule has 1 heterocycles. The maximum Gasteiger partial charge on any atom is 0.335 e. The number of hydrogen-bond donors (Lipinski definition) is 1. The van der Waals surface area contributed by atoms with Gasteiger partial charge in [0.05, 0.1) is 5.56 Å². The van der Waals surface area contributed by atoms with Gasteiger partial charge in [0.2, 0.25) is 0 Å². The quantitative estimate of drug-likeness (QED) is 0.652. The Morgan fingerprint density at radius 3 is 2.50 bits per heavy atom. The normalized spacial score (nSPS) is 18.2. The van der Waals surface area contributed by atoms with Crippen LogP contribution >= 0.6 is 0 Å². The molecule has 3 aromatic carbocycles. The molecule has 0 saturated carbocycles. The van der Waals surface area contributed by atoms with Gasteiger partial charge in [-0.25, -0.2) is 9.18 Å². The number of rotatable bonds is 4. The lowest BCUT2D eigenvalue weighted by molar-refractivity contribution is 0.0645. The van der Waals surface area contributed by atoms with Crippen molar-refractivity contribution in [1.29, 1.82) is 0 Å². The minimum absolute atomic E-state index is 0.203. The van der Waals surface area contributed by atoms with Crippen LogP contribution in [0.2, 0.25) is 0 Å². The van der Waals surface area contributed by atoms with Gasteiger partial charge >= 0.3 is 5.97 Å². The first kappa shape index (κ1) is 18.2. The van der Waals surface area contributed by atoms with Crippen molar-refractivity contribution in [3.63, 3.8) is 0 Å². The summed E-state index contributed by atoms with van der Waals surface area (Å²) in [6, 6.07) is 19.7. The van der Waals surface area contributed by atoms with Gasteiger partial charge in [-0.15, -0.1) is 0 Å². The van der Waals surface area contributed by atoms with Crippen LogP contribution in [0.1, 0.15) is 34.8 Å². The fraction of sp³-hybridized carbons (Fsp3) is 0.208. The fourth-order valence-corrected chi connectivity index (χ4v) is 3.73. The summed E-state index contributed by atoms with van der Waals surface area (Å²) < 4.78 is 20.4. The van der Waals surface area contributed by atoms with E-state index in [9.17, 15) is 9.18 Å². The smallest absolute Gasteiger partial charge is 0.335 e. The number of halogens is 1. The van der Waals surface area contributed by atoms with E-state index in [0.717, 1.165) is 35.3 Å². The van der Waals surface area contributed by atoms with Crippen LogP contribution in [0.25, 0.3) is 11.1 Å². The molecular formula is C24H21FO3. The number of hydrogen-bond acceptors (Lipinski definition) is 2. The predicted molar refractivity (Wildman–Crippen MR) is 106 cm³/mol. The van der Waals surface area contributed by atoms with Gasteiger partial charge in [-0.05, 0) is 66.3 Å². The van der Waals surface area contributed by atoms with Gasteiger partial charge in [0, 0.05) is 6.42 Å². The highest BCUT2D eigenvalue weighted by molar-refractivity contribution is 5.88. The summed E-state index contributed by atoms with van der Waals surface area (Å²) in [7, 11) is 0. The van der Waals surface area contributed by atoms with Crippen LogP contribution in [0.4, 0.5) is 4.39 Å². The summed E-state index contributed by atoms with van der Waals surface area (Å²) >= 11 is 0. The molecule has 3 aromatic rings. The number of aromatic carboxylic acids is 1. The first-order valence-electron chi connectivity index (χ1n) is 9.33. The van der Waals surface area contributed by atoms with E-state index in [0.29, 0.717) is 12.0 Å². The molecule has 0 spiro atoms. The first-order valence-corrected chi connectivity index (χ1v) is 9.33. The van der Waals surface area contributed by atoms with Crippen LogP contribution in [0.15, 0.2) is 66.7 Å². The molecule has 0 amide bonds. The van der Waals surface area contributed by atoms with E-state index in [-0.39, 0.29) is 11.4 Å². The summed E-state index contributed by atoms with van der Waals surface area (Å²) in [4.78, 5) is 11.0. The second-order valence-electron chi connectivity index (χ2n) is 7.53. The summed E-state index contributed by atoms with van der Waals surface area (Å²) in [6.45, 7) is 2.02. The van der Waals surface area contributed by atoms with E-state index in [4.69, 9.17) is 9.84 Å². The molecular weight excluding hydrogens is 355 g/mol. The molecule has 0 radical (unpaired) electrons. The van der Waals surface area contributed by atoms with Gasteiger partial charge in [0.25, 0.3) is 0 Å². The molecule has 4 heteroatoms. The monoisotopic (exact) mass is 376 g/mol. The lowest BCUT2D eigenvalue weighted by atomic mass is 9.86. The van der Waals surface area contributed by atoms with E-state index in [1.54, 1.807) is 36.4 Å². The Labute approximate surface area is 163 Å². The lowest BCUT2D eigenvalue weighted by Gasteiger charge is -2.36. The minimum atomic E-state index is -0.941. The van der Waals surface area contributed by atoms with Crippen molar-refractivity contribution in [2.75, 3.05) is 0 Å². The molecule has 0 saturated heterocycles. The number of carboxylic acids is 1. The highest BCUT2D eigenvalue weighted by Gasteiger charge is 2.32. The van der Waals surface area contributed by atoms with Crippen molar-refractivity contribution in [3.05, 3.63) is 89.2 Å². The maximum absolute atomic E-state index is 14.1. The third-order valence-corrected chi connectivity index (χ3v) is 5.33. The Balaban J connectivity index is 1.60. The standard InChI is InChI=1S/C24H21FO3/c1-24(15-20-4-2-3-5-21(20)25)13-12-17-8-11-19(14-22(17)28-24)16-6-9-18(10-7-16)23(26)27/h2-11,14H,12-13,15H2,1H3,(H,26,27)/t24-/m0/s1. The molecule has 0 fully saturated rings. The molecule has 28 heavy (non-hydrogen) atoms. The van der Waals surface area contributed by atoms with Crippen LogP contribution in [-0.4, -0.2) is 16.7 Å². The molecule has 1 aliphatic rings. The molecule has 142 valence electrons. The summed E-state index contributed by atoms with van der Waals surface area (Å²) in [5.41, 5.74) is 3.48. The van der Waals surface area contributed by atoms with E-state index in [1.807, 2.05) is 25.1 Å². The molecule has 0 bridgehead atoms. The summed E-state index contributed by atoms with van der Waals surface area (Å²) in [6.07, 6.45) is 2.20. The van der Waals surface area contributed by atoms with Gasteiger partial charge in [-0.3, -0.25) is 0 Å². The second-order valence-corrected chi connectivity index (χ2v) is 7.53. The van der Waals surface area contributed by atoms with Crippen LogP contribution in [0, 0.1) is 5.82 Å². The molecule has 4 rings (SSSR count). The number of aryl methyl sites for hydroxylation is 1. The fourth-order valence-electron chi connectivity index (χ4n) is 3.73. The largest absolute Gasteiger partial charge is 0.487 e. The summed E-state index contributed by atoms with van der Waals surface area (Å²) in [5, 5.41) is 9.06.